The van der Waals surface area contributed by atoms with Crippen LogP contribution in [-0.4, -0.2) is 58.5 Å². The van der Waals surface area contributed by atoms with Crippen molar-refractivity contribution in [1.29, 1.82) is 0 Å². The zero-order chi connectivity index (χ0) is 29.8. The maximum atomic E-state index is 12.6. The molecule has 1 aromatic heterocycles. The van der Waals surface area contributed by atoms with E-state index in [9.17, 15) is 4.79 Å². The van der Waals surface area contributed by atoms with Crippen LogP contribution in [0.4, 0.5) is 4.79 Å². The quantitative estimate of drug-likeness (QED) is 0.0713. The third-order valence-electron chi connectivity index (χ3n) is 8.63. The molecule has 1 aromatic rings. The lowest BCUT2D eigenvalue weighted by Gasteiger charge is -2.47. The van der Waals surface area contributed by atoms with Gasteiger partial charge in [-0.3, -0.25) is 4.48 Å². The summed E-state index contributed by atoms with van der Waals surface area (Å²) >= 11 is 1.19. The Bertz CT molecular complexity index is 872. The van der Waals surface area contributed by atoms with Gasteiger partial charge in [0.25, 0.3) is 5.88 Å². The lowest BCUT2D eigenvalue weighted by molar-refractivity contribution is -0.971. The van der Waals surface area contributed by atoms with Gasteiger partial charge in [0, 0.05) is 25.8 Å². The van der Waals surface area contributed by atoms with Crippen molar-refractivity contribution in [3.05, 3.63) is 11.8 Å². The van der Waals surface area contributed by atoms with Crippen LogP contribution in [0.5, 0.6) is 5.88 Å². The van der Waals surface area contributed by atoms with E-state index in [4.69, 9.17) is 14.2 Å². The lowest BCUT2D eigenvalue weighted by Crippen LogP contribution is -2.62. The normalized spacial score (nSPS) is 17.3. The van der Waals surface area contributed by atoms with Gasteiger partial charge in [-0.2, -0.15) is 4.37 Å². The molecule has 0 fully saturated rings. The smallest absolute Gasteiger partial charge is 0.475 e. The first kappa shape index (κ1) is 35.5. The zero-order valence-corrected chi connectivity index (χ0v) is 27.8. The fraction of sp³-hybridized carbons (Fsp3) is 0.848. The molecule has 0 saturated carbocycles. The van der Waals surface area contributed by atoms with Crippen molar-refractivity contribution < 1.29 is 23.5 Å². The van der Waals surface area contributed by atoms with E-state index in [1.807, 2.05) is 13.8 Å². The molecule has 41 heavy (non-hydrogen) atoms. The van der Waals surface area contributed by atoms with Crippen molar-refractivity contribution in [3.8, 4) is 5.88 Å². The molecule has 1 unspecified atom stereocenters. The monoisotopic (exact) mass is 594 g/mol. The van der Waals surface area contributed by atoms with E-state index in [0.717, 1.165) is 43.5 Å². The molecular weight excluding hydrogens is 534 g/mol. The molecule has 1 aliphatic rings. The number of hydrogen-bond acceptors (Lipinski definition) is 7. The van der Waals surface area contributed by atoms with E-state index in [1.165, 1.54) is 102 Å². The van der Waals surface area contributed by atoms with Crippen LogP contribution in [0.15, 0.2) is 6.08 Å². The van der Waals surface area contributed by atoms with Gasteiger partial charge in [0.1, 0.15) is 12.2 Å². The predicted octanol–water partition coefficient (Wildman–Crippen LogP) is 9.71. The molecule has 0 N–H and O–H groups in total. The summed E-state index contributed by atoms with van der Waals surface area (Å²) < 4.78 is 26.9. The highest BCUT2D eigenvalue weighted by molar-refractivity contribution is 6.99. The molecule has 0 bridgehead atoms. The molecule has 0 saturated heterocycles. The first-order chi connectivity index (χ1) is 19.8. The standard InChI is InChI=1S/C33H60N3O4S/c1-6-8-10-12-13-14-15-16-17-18-19-20-22-27-39-32(37)40-33(3,4)36(5)25-23-24-29(28-36)30-31(35-41-34-30)38-26-21-11-9-7-2/h24H,6-23,25-28H2,1-5H3/q+1. The topological polar surface area (TPSA) is 70.5 Å². The average molecular weight is 595 g/mol. The van der Waals surface area contributed by atoms with Crippen molar-refractivity contribution in [2.24, 2.45) is 0 Å². The van der Waals surface area contributed by atoms with E-state index in [0.29, 0.717) is 30.1 Å². The average Bonchev–Trinajstić information content (AvgIpc) is 3.41. The second-order valence-electron chi connectivity index (χ2n) is 12.5. The number of carbonyl (C=O) groups is 1. The van der Waals surface area contributed by atoms with E-state index < -0.39 is 11.9 Å². The Morgan fingerprint density at radius 3 is 1.98 bits per heavy atom. The molecule has 1 atom stereocenters. The predicted molar refractivity (Wildman–Crippen MR) is 170 cm³/mol. The van der Waals surface area contributed by atoms with Gasteiger partial charge < -0.3 is 14.2 Å². The Balaban J connectivity index is 1.65. The van der Waals surface area contributed by atoms with Gasteiger partial charge >= 0.3 is 6.16 Å². The molecule has 2 heterocycles. The Labute approximate surface area is 255 Å². The van der Waals surface area contributed by atoms with E-state index in [-0.39, 0.29) is 0 Å². The highest BCUT2D eigenvalue weighted by Gasteiger charge is 2.46. The highest BCUT2D eigenvalue weighted by Crippen LogP contribution is 2.35. The minimum absolute atomic E-state index is 0.422. The summed E-state index contributed by atoms with van der Waals surface area (Å²) in [5, 5.41) is 0. The maximum Gasteiger partial charge on any atom is 0.512 e. The van der Waals surface area contributed by atoms with Gasteiger partial charge in [-0.1, -0.05) is 116 Å². The SMILES string of the molecule is CCCCCCCCCCCCCCCOC(=O)OC(C)(C)[N+]1(C)CCC=C(c2nsnc2OCCCCCC)C1. The number of nitrogens with zero attached hydrogens (tertiary/aromatic N) is 3. The number of carbonyl (C=O) groups excluding carboxylic acids is 1. The van der Waals surface area contributed by atoms with Crippen molar-refractivity contribution in [1.82, 2.24) is 8.75 Å². The van der Waals surface area contributed by atoms with Gasteiger partial charge in [0.2, 0.25) is 5.72 Å². The largest absolute Gasteiger partial charge is 0.512 e. The summed E-state index contributed by atoms with van der Waals surface area (Å²) in [6, 6.07) is 0. The number of quaternary nitrogens is 1. The van der Waals surface area contributed by atoms with Crippen LogP contribution in [0.2, 0.25) is 0 Å². The van der Waals surface area contributed by atoms with Crippen LogP contribution in [0.25, 0.3) is 5.57 Å². The molecule has 0 aromatic carbocycles. The van der Waals surface area contributed by atoms with Crippen LogP contribution >= 0.6 is 11.7 Å². The molecule has 0 amide bonds. The van der Waals surface area contributed by atoms with Crippen LogP contribution in [0.3, 0.4) is 0 Å². The van der Waals surface area contributed by atoms with Crippen LogP contribution < -0.4 is 4.74 Å². The summed E-state index contributed by atoms with van der Waals surface area (Å²) in [5.74, 6) is 0.627. The Hall–Kier alpha value is -1.67. The molecule has 0 aliphatic carbocycles. The number of ether oxygens (including phenoxy) is 3. The summed E-state index contributed by atoms with van der Waals surface area (Å²) in [6.45, 7) is 11.1. The Morgan fingerprint density at radius 1 is 0.829 bits per heavy atom. The number of likely N-dealkylation sites (N-methyl/N-ethyl adjacent to an activating group) is 1. The van der Waals surface area contributed by atoms with E-state index in [2.05, 4.69) is 35.7 Å². The molecule has 8 heteroatoms. The summed E-state index contributed by atoms with van der Waals surface area (Å²) in [6.07, 6.45) is 24.0. The third kappa shape index (κ3) is 13.5. The second-order valence-corrected chi connectivity index (χ2v) is 13.0. The summed E-state index contributed by atoms with van der Waals surface area (Å²) in [4.78, 5) is 12.6. The van der Waals surface area contributed by atoms with Crippen molar-refractivity contribution in [3.63, 3.8) is 0 Å². The molecule has 7 nitrogen and oxygen atoms in total. The van der Waals surface area contributed by atoms with Gasteiger partial charge in [-0.05, 0) is 12.8 Å². The van der Waals surface area contributed by atoms with Crippen LogP contribution in [-0.2, 0) is 9.47 Å². The van der Waals surface area contributed by atoms with Crippen LogP contribution in [0, 0.1) is 0 Å². The zero-order valence-electron chi connectivity index (χ0n) is 27.0. The molecule has 0 radical (unpaired) electrons. The molecule has 1 aliphatic heterocycles. The molecule has 236 valence electrons. The fourth-order valence-electron chi connectivity index (χ4n) is 5.46. The molecule has 2 rings (SSSR count). The summed E-state index contributed by atoms with van der Waals surface area (Å²) in [5.41, 5.74) is 1.19. The molecular formula is C33H60N3O4S+. The minimum Gasteiger partial charge on any atom is -0.475 e. The van der Waals surface area contributed by atoms with Gasteiger partial charge in [0.05, 0.1) is 38.5 Å². The van der Waals surface area contributed by atoms with Gasteiger partial charge in [-0.15, -0.1) is 4.37 Å². The highest BCUT2D eigenvalue weighted by atomic mass is 32.1. The number of aromatic nitrogens is 2. The number of rotatable bonds is 23. The second kappa shape index (κ2) is 20.3. The van der Waals surface area contributed by atoms with Crippen molar-refractivity contribution in [2.45, 2.75) is 149 Å². The Kier molecular flexibility index (Phi) is 17.6. The number of unbranched alkanes of at least 4 members (excludes halogenated alkanes) is 15. The van der Waals surface area contributed by atoms with Crippen LogP contribution in [0.1, 0.15) is 149 Å². The van der Waals surface area contributed by atoms with E-state index >= 15 is 0 Å². The molecule has 0 spiro atoms. The summed E-state index contributed by atoms with van der Waals surface area (Å²) in [7, 11) is 2.14. The minimum atomic E-state index is -0.739. The van der Waals surface area contributed by atoms with Gasteiger partial charge in [0.15, 0.2) is 0 Å². The Morgan fingerprint density at radius 2 is 1.37 bits per heavy atom. The van der Waals surface area contributed by atoms with Crippen molar-refractivity contribution in [2.75, 3.05) is 33.4 Å². The van der Waals surface area contributed by atoms with Crippen molar-refractivity contribution >= 4 is 23.5 Å². The van der Waals surface area contributed by atoms with E-state index in [1.54, 1.807) is 0 Å². The third-order valence-corrected chi connectivity index (χ3v) is 9.14. The fourth-order valence-corrected chi connectivity index (χ4v) is 5.99. The maximum absolute atomic E-state index is 12.6. The first-order valence-electron chi connectivity index (χ1n) is 16.7. The first-order valence-corrected chi connectivity index (χ1v) is 17.4. The van der Waals surface area contributed by atoms with Gasteiger partial charge in [-0.25, -0.2) is 4.79 Å². The lowest BCUT2D eigenvalue weighted by atomic mass is 10.0. The number of hydrogen-bond donors (Lipinski definition) is 0.